The lowest BCUT2D eigenvalue weighted by Crippen LogP contribution is -2.07. The zero-order valence-electron chi connectivity index (χ0n) is 6.35. The Hall–Kier alpha value is -1.79. The normalized spacial score (nSPS) is 10.0. The van der Waals surface area contributed by atoms with Gasteiger partial charge in [0.2, 0.25) is 11.6 Å². The Morgan fingerprint density at radius 1 is 1.14 bits per heavy atom. The molecule has 0 bridgehead atoms. The van der Waals surface area contributed by atoms with Crippen LogP contribution in [-0.2, 0) is 0 Å². The van der Waals surface area contributed by atoms with E-state index in [0.29, 0.717) is 0 Å². The van der Waals surface area contributed by atoms with Crippen molar-refractivity contribution < 1.29 is 32.2 Å². The molecule has 0 aromatic heterocycles. The summed E-state index contributed by atoms with van der Waals surface area (Å²) >= 11 is 0. The summed E-state index contributed by atoms with van der Waals surface area (Å²) in [4.78, 5) is 9.90. The fourth-order valence-corrected chi connectivity index (χ4v) is 0.720. The van der Waals surface area contributed by atoms with Crippen molar-refractivity contribution in [1.82, 2.24) is 0 Å². The Balaban J connectivity index is 3.25. The largest absolute Gasteiger partial charge is 0.511 e. The first-order chi connectivity index (χ1) is 6.43. The third-order valence-electron chi connectivity index (χ3n) is 1.27. The van der Waals surface area contributed by atoms with E-state index in [1.807, 2.05) is 0 Å². The summed E-state index contributed by atoms with van der Waals surface area (Å²) in [5.74, 6) is -9.01. The lowest BCUT2D eigenvalue weighted by Gasteiger charge is -2.03. The van der Waals surface area contributed by atoms with Crippen LogP contribution in [0.3, 0.4) is 0 Å². The van der Waals surface area contributed by atoms with Gasteiger partial charge in [0, 0.05) is 6.07 Å². The van der Waals surface area contributed by atoms with Crippen LogP contribution in [0.4, 0.5) is 22.4 Å². The molecular weight excluding hydrogens is 208 g/mol. The van der Waals surface area contributed by atoms with Crippen LogP contribution < -0.4 is 4.74 Å². The highest BCUT2D eigenvalue weighted by atomic mass is 19.2. The number of benzene rings is 1. The number of hydrogen-bond donors (Lipinski definition) is 1. The Labute approximate surface area is 74.5 Å². The maximum Gasteiger partial charge on any atom is 0.511 e. The van der Waals surface area contributed by atoms with Crippen LogP contribution in [0.25, 0.3) is 0 Å². The average Bonchev–Trinajstić information content (AvgIpc) is 2.10. The number of hydrogen-bond acceptors (Lipinski definition) is 2. The van der Waals surface area contributed by atoms with Crippen molar-refractivity contribution in [2.45, 2.75) is 0 Å². The lowest BCUT2D eigenvalue weighted by molar-refractivity contribution is 0.141. The Bertz CT molecular complexity index is 391. The van der Waals surface area contributed by atoms with Crippen LogP contribution in [0.15, 0.2) is 6.07 Å². The Kier molecular flexibility index (Phi) is 2.59. The minimum atomic E-state index is -2.12. The molecule has 0 heterocycles. The van der Waals surface area contributed by atoms with Crippen LogP contribution in [-0.4, -0.2) is 11.3 Å². The van der Waals surface area contributed by atoms with Gasteiger partial charge in [-0.05, 0) is 0 Å². The molecule has 0 amide bonds. The topological polar surface area (TPSA) is 46.5 Å². The molecule has 7 heteroatoms. The van der Waals surface area contributed by atoms with Crippen LogP contribution in [0, 0.1) is 23.3 Å². The van der Waals surface area contributed by atoms with Crippen molar-refractivity contribution in [3.63, 3.8) is 0 Å². The summed E-state index contributed by atoms with van der Waals surface area (Å²) in [6.45, 7) is 0. The van der Waals surface area contributed by atoms with Crippen LogP contribution in [0.1, 0.15) is 0 Å². The van der Waals surface area contributed by atoms with E-state index in [-0.39, 0.29) is 6.07 Å². The first-order valence-electron chi connectivity index (χ1n) is 3.17. The molecule has 0 saturated heterocycles. The lowest BCUT2D eigenvalue weighted by atomic mass is 10.3. The van der Waals surface area contributed by atoms with E-state index in [2.05, 4.69) is 4.74 Å². The first-order valence-corrected chi connectivity index (χ1v) is 3.17. The van der Waals surface area contributed by atoms with E-state index in [1.54, 1.807) is 0 Å². The molecule has 0 fully saturated rings. The standard InChI is InChI=1S/C7H2F4O3/c8-2-1-3(14-7(12)13)5(10)6(11)4(2)9/h1H,(H,12,13). The first kappa shape index (κ1) is 10.3. The van der Waals surface area contributed by atoms with Crippen molar-refractivity contribution in [1.29, 1.82) is 0 Å². The molecule has 0 spiro atoms. The minimum Gasteiger partial charge on any atom is -0.449 e. The van der Waals surface area contributed by atoms with Crippen molar-refractivity contribution in [3.8, 4) is 5.75 Å². The summed E-state index contributed by atoms with van der Waals surface area (Å²) in [6, 6.07) is 0.0991. The summed E-state index contributed by atoms with van der Waals surface area (Å²) in [5.41, 5.74) is 0. The summed E-state index contributed by atoms with van der Waals surface area (Å²) in [5, 5.41) is 8.01. The van der Waals surface area contributed by atoms with Crippen molar-refractivity contribution in [2.24, 2.45) is 0 Å². The van der Waals surface area contributed by atoms with Gasteiger partial charge in [0.25, 0.3) is 0 Å². The van der Waals surface area contributed by atoms with Gasteiger partial charge in [-0.15, -0.1) is 0 Å². The number of rotatable bonds is 1. The van der Waals surface area contributed by atoms with Gasteiger partial charge in [-0.3, -0.25) is 0 Å². The quantitative estimate of drug-likeness (QED) is 0.254. The zero-order chi connectivity index (χ0) is 10.9. The molecule has 1 N–H and O–H groups in total. The predicted octanol–water partition coefficient (Wildman–Crippen LogP) is 2.30. The number of ether oxygens (including phenoxy) is 1. The molecule has 0 atom stereocenters. The molecule has 0 aliphatic carbocycles. The summed E-state index contributed by atoms with van der Waals surface area (Å²) < 4.78 is 53.5. The molecular formula is C7H2F4O3. The van der Waals surface area contributed by atoms with Gasteiger partial charge in [-0.1, -0.05) is 0 Å². The third kappa shape index (κ3) is 1.76. The second-order valence-electron chi connectivity index (χ2n) is 2.17. The molecule has 3 nitrogen and oxygen atoms in total. The molecule has 1 aromatic carbocycles. The monoisotopic (exact) mass is 210 g/mol. The fraction of sp³-hybridized carbons (Fsp3) is 0. The van der Waals surface area contributed by atoms with E-state index in [4.69, 9.17) is 5.11 Å². The molecule has 0 radical (unpaired) electrons. The molecule has 0 aliphatic heterocycles. The number of carboxylic acid groups (broad SMARTS) is 1. The second-order valence-corrected chi connectivity index (χ2v) is 2.17. The highest BCUT2D eigenvalue weighted by Crippen LogP contribution is 2.24. The predicted molar refractivity (Wildman–Crippen MR) is 34.9 cm³/mol. The number of halogens is 4. The molecule has 0 unspecified atom stereocenters. The highest BCUT2D eigenvalue weighted by molar-refractivity contribution is 5.61. The maximum atomic E-state index is 12.6. The third-order valence-corrected chi connectivity index (χ3v) is 1.27. The highest BCUT2D eigenvalue weighted by Gasteiger charge is 2.21. The minimum absolute atomic E-state index is 0.0991. The molecule has 14 heavy (non-hydrogen) atoms. The average molecular weight is 210 g/mol. The Morgan fingerprint density at radius 2 is 1.71 bits per heavy atom. The molecule has 0 aliphatic rings. The van der Waals surface area contributed by atoms with Gasteiger partial charge in [-0.25, -0.2) is 18.0 Å². The van der Waals surface area contributed by atoms with Gasteiger partial charge in [0.15, 0.2) is 17.4 Å². The molecule has 1 rings (SSSR count). The molecule has 1 aromatic rings. The van der Waals surface area contributed by atoms with Crippen molar-refractivity contribution in [2.75, 3.05) is 0 Å². The SMILES string of the molecule is O=C(O)Oc1cc(F)c(F)c(F)c1F. The van der Waals surface area contributed by atoms with Crippen LogP contribution in [0.2, 0.25) is 0 Å². The van der Waals surface area contributed by atoms with E-state index >= 15 is 0 Å². The summed E-state index contributed by atoms with van der Waals surface area (Å²) in [7, 11) is 0. The number of carbonyl (C=O) groups is 1. The zero-order valence-corrected chi connectivity index (χ0v) is 6.35. The van der Waals surface area contributed by atoms with Gasteiger partial charge >= 0.3 is 6.16 Å². The molecule has 0 saturated carbocycles. The van der Waals surface area contributed by atoms with Crippen molar-refractivity contribution >= 4 is 6.16 Å². The van der Waals surface area contributed by atoms with Gasteiger partial charge < -0.3 is 9.84 Å². The van der Waals surface area contributed by atoms with Gasteiger partial charge in [0.05, 0.1) is 0 Å². The van der Waals surface area contributed by atoms with E-state index in [0.717, 1.165) is 0 Å². The van der Waals surface area contributed by atoms with E-state index in [1.165, 1.54) is 0 Å². The van der Waals surface area contributed by atoms with Crippen LogP contribution >= 0.6 is 0 Å². The van der Waals surface area contributed by atoms with E-state index in [9.17, 15) is 22.4 Å². The molecule has 76 valence electrons. The van der Waals surface area contributed by atoms with Crippen molar-refractivity contribution in [3.05, 3.63) is 29.3 Å². The Morgan fingerprint density at radius 3 is 2.21 bits per heavy atom. The van der Waals surface area contributed by atoms with Gasteiger partial charge in [0.1, 0.15) is 0 Å². The van der Waals surface area contributed by atoms with Gasteiger partial charge in [-0.2, -0.15) is 4.39 Å². The van der Waals surface area contributed by atoms with E-state index < -0.39 is 35.2 Å². The smallest absolute Gasteiger partial charge is 0.449 e. The van der Waals surface area contributed by atoms with Crippen LogP contribution in [0.5, 0.6) is 5.75 Å². The second kappa shape index (κ2) is 3.52. The fourth-order valence-electron chi connectivity index (χ4n) is 0.720. The maximum absolute atomic E-state index is 12.6. The summed E-state index contributed by atoms with van der Waals surface area (Å²) in [6.07, 6.45) is -1.96.